The summed E-state index contributed by atoms with van der Waals surface area (Å²) in [7, 11) is 0. The SMILES string of the molecule is O=C(O)C1Cc2ccc(Oc3ncc(I)cn3)cc2O1. The Morgan fingerprint density at radius 2 is 2.15 bits per heavy atom. The molecule has 0 saturated carbocycles. The van der Waals surface area contributed by atoms with E-state index in [0.29, 0.717) is 17.9 Å². The molecule has 1 atom stereocenters. The molecule has 2 heterocycles. The summed E-state index contributed by atoms with van der Waals surface area (Å²) in [4.78, 5) is 19.0. The molecule has 1 aliphatic rings. The van der Waals surface area contributed by atoms with Gasteiger partial charge in [0.25, 0.3) is 0 Å². The second-order valence-electron chi connectivity index (χ2n) is 4.20. The summed E-state index contributed by atoms with van der Waals surface area (Å²) < 4.78 is 11.8. The third kappa shape index (κ3) is 2.67. The van der Waals surface area contributed by atoms with E-state index in [1.807, 2.05) is 0 Å². The molecule has 2 aromatic rings. The predicted octanol–water partition coefficient (Wildman–Crippen LogP) is 2.26. The van der Waals surface area contributed by atoms with Gasteiger partial charge in [-0.05, 0) is 34.2 Å². The third-order valence-corrected chi connectivity index (χ3v) is 3.35. The second-order valence-corrected chi connectivity index (χ2v) is 5.45. The Kier molecular flexibility index (Phi) is 3.43. The van der Waals surface area contributed by atoms with E-state index in [-0.39, 0.29) is 6.01 Å². The smallest absolute Gasteiger partial charge is 0.345 e. The van der Waals surface area contributed by atoms with Gasteiger partial charge in [-0.15, -0.1) is 0 Å². The summed E-state index contributed by atoms with van der Waals surface area (Å²) in [6.45, 7) is 0. The number of rotatable bonds is 3. The van der Waals surface area contributed by atoms with E-state index in [9.17, 15) is 4.79 Å². The van der Waals surface area contributed by atoms with Crippen molar-refractivity contribution in [2.24, 2.45) is 0 Å². The number of carboxylic acids is 1. The van der Waals surface area contributed by atoms with Crippen molar-refractivity contribution in [3.05, 3.63) is 39.7 Å². The van der Waals surface area contributed by atoms with Gasteiger partial charge in [-0.1, -0.05) is 6.07 Å². The summed E-state index contributed by atoms with van der Waals surface area (Å²) in [6.07, 6.45) is 2.83. The molecule has 0 bridgehead atoms. The number of hydrogen-bond donors (Lipinski definition) is 1. The molecule has 1 N–H and O–H groups in total. The fourth-order valence-corrected chi connectivity index (χ4v) is 2.15. The van der Waals surface area contributed by atoms with Gasteiger partial charge >= 0.3 is 12.0 Å². The first-order chi connectivity index (χ1) is 9.61. The highest BCUT2D eigenvalue weighted by molar-refractivity contribution is 14.1. The zero-order chi connectivity index (χ0) is 14.1. The van der Waals surface area contributed by atoms with Crippen molar-refractivity contribution in [3.8, 4) is 17.5 Å². The van der Waals surface area contributed by atoms with Gasteiger partial charge in [0, 0.05) is 28.5 Å². The van der Waals surface area contributed by atoms with Gasteiger partial charge in [-0.25, -0.2) is 14.8 Å². The number of nitrogens with zero attached hydrogens (tertiary/aromatic N) is 2. The molecule has 1 aromatic carbocycles. The molecule has 102 valence electrons. The molecule has 0 amide bonds. The highest BCUT2D eigenvalue weighted by atomic mass is 127. The summed E-state index contributed by atoms with van der Waals surface area (Å²) in [5.41, 5.74) is 0.855. The van der Waals surface area contributed by atoms with Gasteiger partial charge in [0.15, 0.2) is 6.10 Å². The summed E-state index contributed by atoms with van der Waals surface area (Å²) in [6, 6.07) is 5.42. The van der Waals surface area contributed by atoms with Crippen molar-refractivity contribution in [1.82, 2.24) is 9.97 Å². The number of carboxylic acid groups (broad SMARTS) is 1. The lowest BCUT2D eigenvalue weighted by atomic mass is 10.1. The highest BCUT2D eigenvalue weighted by Crippen LogP contribution is 2.33. The first kappa shape index (κ1) is 13.1. The van der Waals surface area contributed by atoms with Gasteiger partial charge in [0.2, 0.25) is 0 Å². The lowest BCUT2D eigenvalue weighted by Crippen LogP contribution is -2.24. The number of hydrogen-bond acceptors (Lipinski definition) is 5. The van der Waals surface area contributed by atoms with Crippen LogP contribution in [-0.4, -0.2) is 27.1 Å². The Morgan fingerprint density at radius 1 is 1.40 bits per heavy atom. The predicted molar refractivity (Wildman–Crippen MR) is 77.0 cm³/mol. The minimum atomic E-state index is -0.968. The second kappa shape index (κ2) is 5.23. The van der Waals surface area contributed by atoms with E-state index >= 15 is 0 Å². The van der Waals surface area contributed by atoms with Crippen LogP contribution < -0.4 is 9.47 Å². The summed E-state index contributed by atoms with van der Waals surface area (Å²) in [5.74, 6) is 0.0704. The van der Waals surface area contributed by atoms with E-state index in [1.165, 1.54) is 0 Å². The molecule has 0 spiro atoms. The average Bonchev–Trinajstić information content (AvgIpc) is 2.85. The van der Waals surface area contributed by atoms with Crippen molar-refractivity contribution in [2.45, 2.75) is 12.5 Å². The fourth-order valence-electron chi connectivity index (χ4n) is 1.87. The molecule has 0 radical (unpaired) electrons. The van der Waals surface area contributed by atoms with Crippen LogP contribution in [0.5, 0.6) is 17.5 Å². The van der Waals surface area contributed by atoms with Gasteiger partial charge < -0.3 is 14.6 Å². The Balaban J connectivity index is 1.79. The Hall–Kier alpha value is -1.90. The van der Waals surface area contributed by atoms with Crippen LogP contribution in [-0.2, 0) is 11.2 Å². The topological polar surface area (TPSA) is 81.5 Å². The first-order valence-corrected chi connectivity index (χ1v) is 6.87. The average molecular weight is 384 g/mol. The van der Waals surface area contributed by atoms with Crippen molar-refractivity contribution in [2.75, 3.05) is 0 Å². The third-order valence-electron chi connectivity index (χ3n) is 2.79. The lowest BCUT2D eigenvalue weighted by Gasteiger charge is -2.06. The first-order valence-electron chi connectivity index (χ1n) is 5.79. The van der Waals surface area contributed by atoms with Crippen molar-refractivity contribution in [3.63, 3.8) is 0 Å². The number of carbonyl (C=O) groups is 1. The van der Waals surface area contributed by atoms with Crippen molar-refractivity contribution >= 4 is 28.6 Å². The van der Waals surface area contributed by atoms with Gasteiger partial charge in [0.1, 0.15) is 11.5 Å². The van der Waals surface area contributed by atoms with Crippen molar-refractivity contribution < 1.29 is 19.4 Å². The number of benzene rings is 1. The zero-order valence-corrected chi connectivity index (χ0v) is 12.3. The maximum Gasteiger partial charge on any atom is 0.345 e. The monoisotopic (exact) mass is 384 g/mol. The molecule has 7 heteroatoms. The lowest BCUT2D eigenvalue weighted by molar-refractivity contribution is -0.144. The normalized spacial score (nSPS) is 16.4. The molecular weight excluding hydrogens is 375 g/mol. The van der Waals surface area contributed by atoms with Crippen LogP contribution >= 0.6 is 22.6 Å². The number of ether oxygens (including phenoxy) is 2. The van der Waals surface area contributed by atoms with E-state index in [1.54, 1.807) is 30.6 Å². The largest absolute Gasteiger partial charge is 0.478 e. The highest BCUT2D eigenvalue weighted by Gasteiger charge is 2.29. The van der Waals surface area contributed by atoms with Crippen LogP contribution in [0.4, 0.5) is 0 Å². The van der Waals surface area contributed by atoms with Gasteiger partial charge in [-0.2, -0.15) is 0 Å². The zero-order valence-electron chi connectivity index (χ0n) is 10.1. The van der Waals surface area contributed by atoms with E-state index in [4.69, 9.17) is 14.6 Å². The standard InChI is InChI=1S/C13H9IN2O4/c14-8-5-15-13(16-6-8)19-9-2-1-7-3-11(12(17)18)20-10(7)4-9/h1-2,4-6,11H,3H2,(H,17,18). The quantitative estimate of drug-likeness (QED) is 0.818. The Morgan fingerprint density at radius 3 is 2.85 bits per heavy atom. The van der Waals surface area contributed by atoms with Crippen LogP contribution in [0, 0.1) is 3.57 Å². The number of fused-ring (bicyclic) bond motifs is 1. The van der Waals surface area contributed by atoms with Gasteiger partial charge in [-0.3, -0.25) is 0 Å². The van der Waals surface area contributed by atoms with Crippen LogP contribution in [0.25, 0.3) is 0 Å². The molecule has 1 aromatic heterocycles. The van der Waals surface area contributed by atoms with E-state index in [0.717, 1.165) is 9.13 Å². The minimum absolute atomic E-state index is 0.234. The van der Waals surface area contributed by atoms with Crippen molar-refractivity contribution in [1.29, 1.82) is 0 Å². The maximum atomic E-state index is 10.9. The molecular formula is C13H9IN2O4. The van der Waals surface area contributed by atoms with Crippen LogP contribution in [0.15, 0.2) is 30.6 Å². The molecule has 0 fully saturated rings. The number of aliphatic carboxylic acids is 1. The Labute approximate surface area is 127 Å². The molecule has 3 rings (SSSR count). The molecule has 1 unspecified atom stereocenters. The summed E-state index contributed by atoms with van der Waals surface area (Å²) >= 11 is 2.10. The number of aromatic nitrogens is 2. The Bertz CT molecular complexity index is 660. The molecule has 1 aliphatic heterocycles. The van der Waals surface area contributed by atoms with Crippen LogP contribution in [0.1, 0.15) is 5.56 Å². The van der Waals surface area contributed by atoms with E-state index < -0.39 is 12.1 Å². The minimum Gasteiger partial charge on any atom is -0.478 e. The molecule has 0 saturated heterocycles. The van der Waals surface area contributed by atoms with Crippen LogP contribution in [0.2, 0.25) is 0 Å². The number of halogens is 1. The maximum absolute atomic E-state index is 10.9. The molecule has 6 nitrogen and oxygen atoms in total. The van der Waals surface area contributed by atoms with Crippen LogP contribution in [0.3, 0.4) is 0 Å². The molecule has 20 heavy (non-hydrogen) atoms. The van der Waals surface area contributed by atoms with E-state index in [2.05, 4.69) is 32.6 Å². The molecule has 0 aliphatic carbocycles. The summed E-state index contributed by atoms with van der Waals surface area (Å²) in [5, 5.41) is 8.94. The van der Waals surface area contributed by atoms with Gasteiger partial charge in [0.05, 0.1) is 0 Å². The fraction of sp³-hybridized carbons (Fsp3) is 0.154.